The van der Waals surface area contributed by atoms with Gasteiger partial charge in [-0.3, -0.25) is 9.59 Å². The van der Waals surface area contributed by atoms with Crippen molar-refractivity contribution in [3.8, 4) is 0 Å². The first-order valence-corrected chi connectivity index (χ1v) is 32.3. The Morgan fingerprint density at radius 2 is 0.750 bits per heavy atom. The fraction of sp³-hybridized carbons (Fsp3) is 0.836. The van der Waals surface area contributed by atoms with Gasteiger partial charge >= 0.3 is 11.9 Å². The highest BCUT2D eigenvalue weighted by Crippen LogP contribution is 2.18. The van der Waals surface area contributed by atoms with E-state index in [9.17, 15) is 19.5 Å². The molecule has 0 aromatic carbocycles. The zero-order chi connectivity index (χ0) is 55.5. The van der Waals surface area contributed by atoms with Crippen molar-refractivity contribution in [1.82, 2.24) is 0 Å². The third-order valence-corrected chi connectivity index (χ3v) is 14.3. The molecule has 0 N–H and O–H groups in total. The molecule has 0 aliphatic heterocycles. The van der Waals surface area contributed by atoms with E-state index in [4.69, 9.17) is 18.9 Å². The highest BCUT2D eigenvalue weighted by atomic mass is 16.7. The molecule has 0 saturated heterocycles. The van der Waals surface area contributed by atoms with Gasteiger partial charge < -0.3 is 33.3 Å². The van der Waals surface area contributed by atoms with Gasteiger partial charge in [-0.2, -0.15) is 0 Å². The normalized spacial score (nSPS) is 13.0. The molecule has 0 aliphatic rings. The molecule has 0 fully saturated rings. The van der Waals surface area contributed by atoms with E-state index in [-0.39, 0.29) is 32.2 Å². The maximum Gasteiger partial charge on any atom is 0.306 e. The Kier molecular flexibility index (Phi) is 56.3. The minimum Gasteiger partial charge on any atom is -0.545 e. The molecule has 444 valence electrons. The van der Waals surface area contributed by atoms with Gasteiger partial charge in [-0.25, -0.2) is 0 Å². The lowest BCUT2D eigenvalue weighted by Gasteiger charge is -2.26. The van der Waals surface area contributed by atoms with E-state index >= 15 is 0 Å². The summed E-state index contributed by atoms with van der Waals surface area (Å²) < 4.78 is 22.7. The highest BCUT2D eigenvalue weighted by molar-refractivity contribution is 5.70. The summed E-state index contributed by atoms with van der Waals surface area (Å²) in [7, 11) is 5.93. The number of carboxylic acids is 1. The van der Waals surface area contributed by atoms with Crippen molar-refractivity contribution in [1.29, 1.82) is 0 Å². The first-order valence-electron chi connectivity index (χ1n) is 32.3. The molecule has 0 saturated carbocycles. The van der Waals surface area contributed by atoms with Crippen LogP contribution >= 0.6 is 0 Å². The number of ether oxygens (including phenoxy) is 4. The molecule has 0 spiro atoms. The Bertz CT molecular complexity index is 1380. The van der Waals surface area contributed by atoms with Gasteiger partial charge in [0.15, 0.2) is 12.4 Å². The Morgan fingerprint density at radius 1 is 0.408 bits per heavy atom. The van der Waals surface area contributed by atoms with Gasteiger partial charge in [0.1, 0.15) is 13.2 Å². The molecule has 0 aromatic rings. The van der Waals surface area contributed by atoms with Gasteiger partial charge in [0.05, 0.1) is 40.3 Å². The van der Waals surface area contributed by atoms with Crippen LogP contribution in [0.25, 0.3) is 0 Å². The Morgan fingerprint density at radius 3 is 1.12 bits per heavy atom. The van der Waals surface area contributed by atoms with Crippen molar-refractivity contribution in [2.45, 2.75) is 315 Å². The van der Waals surface area contributed by atoms with Crippen LogP contribution in [0.5, 0.6) is 0 Å². The molecule has 2 unspecified atom stereocenters. The molecule has 0 rings (SSSR count). The van der Waals surface area contributed by atoms with Crippen molar-refractivity contribution >= 4 is 17.9 Å². The second-order valence-electron chi connectivity index (χ2n) is 23.0. The predicted octanol–water partition coefficient (Wildman–Crippen LogP) is 18.1. The van der Waals surface area contributed by atoms with Crippen molar-refractivity contribution in [2.24, 2.45) is 0 Å². The summed E-state index contributed by atoms with van der Waals surface area (Å²) in [6.45, 7) is 4.67. The summed E-state index contributed by atoms with van der Waals surface area (Å²) in [5.74, 6) is -2.26. The number of rotatable bonds is 60. The quantitative estimate of drug-likeness (QED) is 0.0195. The smallest absolute Gasteiger partial charge is 0.306 e. The van der Waals surface area contributed by atoms with Crippen LogP contribution in [0, 0.1) is 0 Å². The first-order chi connectivity index (χ1) is 37.1. The maximum atomic E-state index is 12.9. The fourth-order valence-corrected chi connectivity index (χ4v) is 9.41. The molecule has 0 aliphatic carbocycles. The zero-order valence-corrected chi connectivity index (χ0v) is 50.6. The van der Waals surface area contributed by atoms with E-state index in [1.54, 1.807) is 0 Å². The average Bonchev–Trinajstić information content (AvgIpc) is 3.39. The Labute approximate surface area is 470 Å². The number of hydrogen-bond acceptors (Lipinski definition) is 8. The minimum atomic E-state index is -1.62. The van der Waals surface area contributed by atoms with Crippen LogP contribution in [0.15, 0.2) is 48.6 Å². The van der Waals surface area contributed by atoms with Crippen molar-refractivity contribution in [3.63, 3.8) is 0 Å². The molecule has 9 nitrogen and oxygen atoms in total. The van der Waals surface area contributed by atoms with Crippen LogP contribution in [0.4, 0.5) is 0 Å². The number of nitrogens with zero attached hydrogens (tertiary/aromatic N) is 1. The molecular formula is C67H123NO8. The van der Waals surface area contributed by atoms with Crippen LogP contribution in [-0.2, 0) is 33.3 Å². The van der Waals surface area contributed by atoms with Crippen LogP contribution in [0.1, 0.15) is 303 Å². The van der Waals surface area contributed by atoms with Crippen molar-refractivity contribution < 1.29 is 42.9 Å². The standard InChI is InChI=1S/C67H123NO8/c1-6-8-10-12-14-16-18-20-21-22-23-24-25-26-27-28-29-30-31-32-33-34-35-36-37-38-39-40-41-42-43-44-45-46-48-50-52-54-56-58-65(70)76-63(62-75-67(66(71)72)73-60-59-68(3,4)5)61-74-64(69)57-55-53-51-49-47-19-17-15-13-11-9-7-2/h8,10,14,16,20-21,23-24,63,67H,6-7,9,11-13,15,17-19,22,25-62H2,1-5H3/b10-8-,16-14-,21-20-,24-23-. The van der Waals surface area contributed by atoms with Gasteiger partial charge in [-0.05, 0) is 51.4 Å². The monoisotopic (exact) mass is 1070 g/mol. The number of unbranched alkanes of at least 4 members (excludes halogenated alkanes) is 37. The highest BCUT2D eigenvalue weighted by Gasteiger charge is 2.22. The van der Waals surface area contributed by atoms with Crippen molar-refractivity contribution in [2.75, 3.05) is 47.5 Å². The molecule has 9 heteroatoms. The fourth-order valence-electron chi connectivity index (χ4n) is 9.41. The molecule has 2 atom stereocenters. The largest absolute Gasteiger partial charge is 0.545 e. The predicted molar refractivity (Wildman–Crippen MR) is 320 cm³/mol. The molecular weight excluding hydrogens is 947 g/mol. The summed E-state index contributed by atoms with van der Waals surface area (Å²) in [6.07, 6.45) is 70.6. The number of carboxylic acid groups (broad SMARTS) is 1. The van der Waals surface area contributed by atoms with E-state index in [0.29, 0.717) is 17.4 Å². The Hall–Kier alpha value is -2.75. The zero-order valence-electron chi connectivity index (χ0n) is 50.6. The average molecular weight is 1070 g/mol. The summed E-state index contributed by atoms with van der Waals surface area (Å²) in [6, 6.07) is 0. The van der Waals surface area contributed by atoms with E-state index in [0.717, 1.165) is 64.2 Å². The van der Waals surface area contributed by atoms with E-state index in [2.05, 4.69) is 62.5 Å². The lowest BCUT2D eigenvalue weighted by atomic mass is 10.0. The third kappa shape index (κ3) is 58.9. The van der Waals surface area contributed by atoms with Gasteiger partial charge in [-0.1, -0.05) is 287 Å². The van der Waals surface area contributed by atoms with Crippen LogP contribution in [0.2, 0.25) is 0 Å². The first kappa shape index (κ1) is 73.2. The van der Waals surface area contributed by atoms with Gasteiger partial charge in [-0.15, -0.1) is 0 Å². The lowest BCUT2D eigenvalue weighted by molar-refractivity contribution is -0.870. The topological polar surface area (TPSA) is 111 Å². The number of hydrogen-bond donors (Lipinski definition) is 0. The molecule has 0 bridgehead atoms. The summed E-state index contributed by atoms with van der Waals surface area (Å²) >= 11 is 0. The van der Waals surface area contributed by atoms with E-state index < -0.39 is 24.3 Å². The van der Waals surface area contributed by atoms with Crippen LogP contribution in [0.3, 0.4) is 0 Å². The second-order valence-corrected chi connectivity index (χ2v) is 23.0. The van der Waals surface area contributed by atoms with Crippen LogP contribution < -0.4 is 5.11 Å². The molecule has 0 amide bonds. The summed E-state index contributed by atoms with van der Waals surface area (Å²) in [4.78, 5) is 37.2. The van der Waals surface area contributed by atoms with Gasteiger partial charge in [0, 0.05) is 12.8 Å². The number of allylic oxidation sites excluding steroid dienone is 8. The molecule has 0 heterocycles. The molecule has 0 aromatic heterocycles. The van der Waals surface area contributed by atoms with E-state index in [1.165, 1.54) is 212 Å². The number of quaternary nitrogens is 1. The minimum absolute atomic E-state index is 0.151. The number of carbonyl (C=O) groups is 3. The Balaban J connectivity index is 3.90. The number of esters is 2. The van der Waals surface area contributed by atoms with Crippen LogP contribution in [-0.4, -0.2) is 82.3 Å². The second kappa shape index (κ2) is 58.4. The molecule has 0 radical (unpaired) electrons. The number of aliphatic carboxylic acids is 1. The molecule has 76 heavy (non-hydrogen) atoms. The van der Waals surface area contributed by atoms with Gasteiger partial charge in [0.25, 0.3) is 0 Å². The SMILES string of the molecule is CC/C=C\C/C=C\C/C=C\C/C=C\CCCCCCCCCCCCCCCCCCCCCCCCCCCCC(=O)OC(COC(=O)CCCCCCCCCCCCCC)COC(OCC[N+](C)(C)C)C(=O)[O-]. The summed E-state index contributed by atoms with van der Waals surface area (Å²) in [5, 5.41) is 11.8. The lowest BCUT2D eigenvalue weighted by Crippen LogP contribution is -2.44. The maximum absolute atomic E-state index is 12.9. The summed E-state index contributed by atoms with van der Waals surface area (Å²) in [5.41, 5.74) is 0. The van der Waals surface area contributed by atoms with Gasteiger partial charge in [0.2, 0.25) is 0 Å². The van der Waals surface area contributed by atoms with E-state index in [1.807, 2.05) is 21.1 Å². The number of likely N-dealkylation sites (N-methyl/N-ethyl adjacent to an activating group) is 1. The number of carbonyl (C=O) groups excluding carboxylic acids is 3. The van der Waals surface area contributed by atoms with Crippen molar-refractivity contribution in [3.05, 3.63) is 48.6 Å². The third-order valence-electron chi connectivity index (χ3n) is 14.3.